The number of thioether (sulfide) groups is 1. The molecule has 1 aromatic rings. The van der Waals surface area contributed by atoms with E-state index in [0.29, 0.717) is 0 Å². The van der Waals surface area contributed by atoms with Gasteiger partial charge in [0, 0.05) is 17.4 Å². The second-order valence-electron chi connectivity index (χ2n) is 5.83. The van der Waals surface area contributed by atoms with Crippen molar-refractivity contribution in [3.8, 4) is 11.8 Å². The highest BCUT2D eigenvalue weighted by Crippen LogP contribution is 2.39. The van der Waals surface area contributed by atoms with Gasteiger partial charge in [-0.15, -0.1) is 23.1 Å². The van der Waals surface area contributed by atoms with Crippen LogP contribution in [0.5, 0.6) is 0 Å². The van der Waals surface area contributed by atoms with Gasteiger partial charge in [0.1, 0.15) is 17.1 Å². The number of nitrogens with two attached hydrogens (primary N) is 1. The molecule has 13 heteroatoms. The summed E-state index contributed by atoms with van der Waals surface area (Å²) < 4.78 is 0. The number of nitrogens with zero attached hydrogens (tertiary/aromatic N) is 3. The van der Waals surface area contributed by atoms with Gasteiger partial charge in [-0.3, -0.25) is 9.59 Å². The predicted octanol–water partition coefficient (Wildman–Crippen LogP) is -0.974. The maximum atomic E-state index is 12.6. The Labute approximate surface area is 172 Å². The van der Waals surface area contributed by atoms with Crippen molar-refractivity contribution in [3.63, 3.8) is 0 Å². The first kappa shape index (κ1) is 20.6. The number of thiazole rings is 1. The molecule has 1 aromatic heterocycles. The third-order valence-electron chi connectivity index (χ3n) is 4.06. The van der Waals surface area contributed by atoms with Crippen molar-refractivity contribution >= 4 is 51.7 Å². The molecule has 11 nitrogen and oxygen atoms in total. The maximum Gasteiger partial charge on any atom is 0.331 e. The first-order valence-electron chi connectivity index (χ1n) is 8.13. The fourth-order valence-corrected chi connectivity index (χ4v) is 4.50. The van der Waals surface area contributed by atoms with Gasteiger partial charge in [0.15, 0.2) is 16.9 Å². The fraction of sp³-hybridized carbons (Fsp3) is 0.312. The molecule has 0 aliphatic carbocycles. The molecule has 1 unspecified atom stereocenters. The topological polar surface area (TPSA) is 178 Å². The van der Waals surface area contributed by atoms with Gasteiger partial charge in [0.25, 0.3) is 5.91 Å². The number of aliphatic hydroxyl groups is 1. The van der Waals surface area contributed by atoms with E-state index in [-0.39, 0.29) is 29.4 Å². The van der Waals surface area contributed by atoms with Gasteiger partial charge in [-0.2, -0.15) is 0 Å². The molecule has 0 bridgehead atoms. The molecule has 0 spiro atoms. The number of carboxylic acid groups (broad SMARTS) is 1. The molecule has 29 heavy (non-hydrogen) atoms. The number of aliphatic carboxylic acids is 1. The number of hydrogen-bond acceptors (Lipinski definition) is 10. The number of carbonyl (C=O) groups excluding carboxylic acids is 2. The number of carboxylic acids is 1. The number of rotatable bonds is 5. The minimum atomic E-state index is -1.28. The zero-order valence-electron chi connectivity index (χ0n) is 14.6. The molecule has 3 heterocycles. The number of aromatic nitrogens is 1. The van der Waals surface area contributed by atoms with Crippen molar-refractivity contribution in [3.05, 3.63) is 22.1 Å². The van der Waals surface area contributed by atoms with Crippen LogP contribution in [0.25, 0.3) is 0 Å². The Balaban J connectivity index is 1.76. The number of β-lactam (4-membered cyclic amide) rings is 1. The SMILES string of the molecule is Nc1nc(/C(=N/O)C(=O)N[C@@H]2C(=O)N3C(C(=O)O)C(C#CCCO)=CS[C@H]23)cs1. The lowest BCUT2D eigenvalue weighted by atomic mass is 9.98. The summed E-state index contributed by atoms with van der Waals surface area (Å²) in [7, 11) is 0. The largest absolute Gasteiger partial charge is 0.479 e. The van der Waals surface area contributed by atoms with E-state index in [4.69, 9.17) is 16.0 Å². The van der Waals surface area contributed by atoms with Crippen molar-refractivity contribution < 1.29 is 29.8 Å². The molecule has 6 N–H and O–H groups in total. The van der Waals surface area contributed by atoms with Gasteiger partial charge in [0.2, 0.25) is 5.91 Å². The van der Waals surface area contributed by atoms with E-state index in [1.54, 1.807) is 0 Å². The van der Waals surface area contributed by atoms with Gasteiger partial charge in [-0.1, -0.05) is 17.0 Å². The van der Waals surface area contributed by atoms with Crippen LogP contribution >= 0.6 is 23.1 Å². The van der Waals surface area contributed by atoms with Crippen molar-refractivity contribution in [2.45, 2.75) is 23.9 Å². The number of carbonyl (C=O) groups is 3. The van der Waals surface area contributed by atoms with E-state index >= 15 is 0 Å². The highest BCUT2D eigenvalue weighted by molar-refractivity contribution is 8.03. The molecule has 1 saturated heterocycles. The molecule has 3 rings (SSSR count). The summed E-state index contributed by atoms with van der Waals surface area (Å²) in [4.78, 5) is 41.6. The highest BCUT2D eigenvalue weighted by atomic mass is 32.2. The van der Waals surface area contributed by atoms with Crippen LogP contribution in [0.4, 0.5) is 5.13 Å². The molecular formula is C16H15N5O6S2. The third kappa shape index (κ3) is 3.90. The summed E-state index contributed by atoms with van der Waals surface area (Å²) in [6.07, 6.45) is 0.175. The number of amides is 2. The molecule has 0 saturated carbocycles. The molecular weight excluding hydrogens is 422 g/mol. The summed E-state index contributed by atoms with van der Waals surface area (Å²) in [6.45, 7) is -0.163. The second kappa shape index (κ2) is 8.52. The monoisotopic (exact) mass is 437 g/mol. The first-order valence-corrected chi connectivity index (χ1v) is 9.95. The highest BCUT2D eigenvalue weighted by Gasteiger charge is 2.56. The van der Waals surface area contributed by atoms with Gasteiger partial charge < -0.3 is 31.4 Å². The summed E-state index contributed by atoms with van der Waals surface area (Å²) in [5.74, 6) is 2.59. The van der Waals surface area contributed by atoms with Crippen LogP contribution in [0, 0.1) is 11.8 Å². The van der Waals surface area contributed by atoms with Crippen LogP contribution in [-0.4, -0.2) is 72.9 Å². The maximum absolute atomic E-state index is 12.6. The summed E-state index contributed by atoms with van der Waals surface area (Å²) >= 11 is 2.19. The van der Waals surface area contributed by atoms with E-state index in [9.17, 15) is 19.5 Å². The number of nitrogen functional groups attached to an aromatic ring is 1. The van der Waals surface area contributed by atoms with E-state index in [1.807, 2.05) is 0 Å². The standard InChI is InChI=1S/C16H15N5O6S2/c17-16-18-8(6-29-16)9(20-27)12(23)19-10-13(24)21-11(15(25)26)7(3-1-2-4-22)5-28-14(10)21/h5-6,10-11,14,22,27H,2,4H2,(H2,17,18)(H,19,23)(H,25,26)/b20-9-/t10-,11?,14-/m1/s1. The van der Waals surface area contributed by atoms with Crippen LogP contribution < -0.4 is 11.1 Å². The molecule has 0 aromatic carbocycles. The number of hydrogen-bond donors (Lipinski definition) is 5. The number of nitrogens with one attached hydrogen (secondary N) is 1. The Bertz CT molecular complexity index is 978. The minimum Gasteiger partial charge on any atom is -0.479 e. The van der Waals surface area contributed by atoms with Crippen LogP contribution in [0.2, 0.25) is 0 Å². The molecule has 152 valence electrons. The second-order valence-corrected chi connectivity index (χ2v) is 7.71. The molecule has 3 atom stereocenters. The van der Waals surface area contributed by atoms with Crippen LogP contribution in [0.1, 0.15) is 12.1 Å². The van der Waals surface area contributed by atoms with E-state index in [2.05, 4.69) is 27.3 Å². The predicted molar refractivity (Wildman–Crippen MR) is 104 cm³/mol. The number of anilines is 1. The molecule has 0 radical (unpaired) electrons. The Morgan fingerprint density at radius 2 is 2.21 bits per heavy atom. The summed E-state index contributed by atoms with van der Waals surface area (Å²) in [5, 5.41) is 35.3. The Morgan fingerprint density at radius 1 is 1.45 bits per heavy atom. The number of aliphatic hydroxyl groups excluding tert-OH is 1. The minimum absolute atomic E-state index is 0.0529. The summed E-state index contributed by atoms with van der Waals surface area (Å²) in [5.41, 5.74) is 5.37. The van der Waals surface area contributed by atoms with E-state index in [1.165, 1.54) is 10.8 Å². The quantitative estimate of drug-likeness (QED) is 0.127. The molecule has 2 aliphatic heterocycles. The molecule has 2 amide bonds. The normalized spacial score (nSPS) is 23.3. The lowest BCUT2D eigenvalue weighted by Gasteiger charge is -2.50. The van der Waals surface area contributed by atoms with Crippen molar-refractivity contribution in [2.24, 2.45) is 5.16 Å². The van der Waals surface area contributed by atoms with Crippen LogP contribution in [-0.2, 0) is 14.4 Å². The summed E-state index contributed by atoms with van der Waals surface area (Å²) in [6, 6.07) is -2.29. The Morgan fingerprint density at radius 3 is 2.79 bits per heavy atom. The van der Waals surface area contributed by atoms with Crippen LogP contribution in [0.3, 0.4) is 0 Å². The average molecular weight is 437 g/mol. The van der Waals surface area contributed by atoms with E-state index < -0.39 is 41.0 Å². The first-order chi connectivity index (χ1) is 13.9. The van der Waals surface area contributed by atoms with Crippen molar-refractivity contribution in [2.75, 3.05) is 12.3 Å². The van der Waals surface area contributed by atoms with E-state index in [0.717, 1.165) is 28.0 Å². The fourth-order valence-electron chi connectivity index (χ4n) is 2.78. The average Bonchev–Trinajstić information content (AvgIpc) is 3.12. The zero-order valence-corrected chi connectivity index (χ0v) is 16.2. The van der Waals surface area contributed by atoms with Gasteiger partial charge in [0.05, 0.1) is 6.61 Å². The van der Waals surface area contributed by atoms with Crippen molar-refractivity contribution in [1.29, 1.82) is 0 Å². The van der Waals surface area contributed by atoms with Gasteiger partial charge >= 0.3 is 5.97 Å². The zero-order chi connectivity index (χ0) is 21.1. The lowest BCUT2D eigenvalue weighted by molar-refractivity contribution is -0.159. The lowest BCUT2D eigenvalue weighted by Crippen LogP contribution is -2.74. The molecule has 1 fully saturated rings. The Hall–Kier alpha value is -3.08. The van der Waals surface area contributed by atoms with Gasteiger partial charge in [-0.05, 0) is 5.41 Å². The third-order valence-corrected chi connectivity index (χ3v) is 5.90. The molecule has 2 aliphatic rings. The van der Waals surface area contributed by atoms with Crippen molar-refractivity contribution in [1.82, 2.24) is 15.2 Å². The van der Waals surface area contributed by atoms with Gasteiger partial charge in [-0.25, -0.2) is 9.78 Å². The van der Waals surface area contributed by atoms with Crippen LogP contribution in [0.15, 0.2) is 21.5 Å². The Kier molecular flexibility index (Phi) is 6.06. The smallest absolute Gasteiger partial charge is 0.331 e. The number of fused-ring (bicyclic) bond motifs is 1. The number of oxime groups is 1.